The first-order valence-electron chi connectivity index (χ1n) is 13.7. The molecule has 0 aliphatic carbocycles. The van der Waals surface area contributed by atoms with Crippen LogP contribution in [0.25, 0.3) is 22.5 Å². The van der Waals surface area contributed by atoms with Gasteiger partial charge in [0.05, 0.1) is 11.3 Å². The van der Waals surface area contributed by atoms with E-state index < -0.39 is 9.84 Å². The van der Waals surface area contributed by atoms with Crippen molar-refractivity contribution < 1.29 is 17.7 Å². The Kier molecular flexibility index (Phi) is 6.82. The Labute approximate surface area is 234 Å². The number of rotatable bonds is 6. The Bertz CT molecular complexity index is 1610. The van der Waals surface area contributed by atoms with Gasteiger partial charge in [0.1, 0.15) is 11.4 Å². The molecule has 1 fully saturated rings. The summed E-state index contributed by atoms with van der Waals surface area (Å²) < 4.78 is 35.1. The molecule has 0 N–H and O–H groups in total. The highest BCUT2D eigenvalue weighted by Crippen LogP contribution is 2.41. The maximum atomic E-state index is 11.6. The molecule has 9 nitrogen and oxygen atoms in total. The molecular formula is C30H33N5O4S. The molecule has 0 saturated carbocycles. The van der Waals surface area contributed by atoms with Gasteiger partial charge in [-0.25, -0.2) is 18.4 Å². The number of sulfone groups is 1. The standard InChI is InChI=1S/C30H33N5O4S/c1-20(2)28-33-27(34-39-28)25-17-31-29(32-18-25)35-14-12-30(13-15-35)11-10-24-16-23(8-9-26(24)38-30)22-6-4-21(5-7-22)19-40(3,36)37/h4-9,16-18,20H,10-15,19H2,1-3H3. The molecule has 208 valence electrons. The number of hydrogen-bond donors (Lipinski definition) is 0. The molecule has 4 aromatic rings. The summed E-state index contributed by atoms with van der Waals surface area (Å²) >= 11 is 0. The van der Waals surface area contributed by atoms with Crippen LogP contribution in [-0.4, -0.2) is 53.5 Å². The van der Waals surface area contributed by atoms with Crippen molar-refractivity contribution in [2.45, 2.75) is 56.8 Å². The molecule has 40 heavy (non-hydrogen) atoms. The Morgan fingerprint density at radius 2 is 1.65 bits per heavy atom. The lowest BCUT2D eigenvalue weighted by Gasteiger charge is -2.44. The molecule has 2 aliphatic heterocycles. The fourth-order valence-electron chi connectivity index (χ4n) is 5.45. The van der Waals surface area contributed by atoms with Gasteiger partial charge in [0.15, 0.2) is 9.84 Å². The van der Waals surface area contributed by atoms with Gasteiger partial charge in [-0.05, 0) is 47.2 Å². The fraction of sp³-hybridized carbons (Fsp3) is 0.400. The number of fused-ring (bicyclic) bond motifs is 1. The number of aromatic nitrogens is 4. The van der Waals surface area contributed by atoms with Crippen LogP contribution in [-0.2, 0) is 22.0 Å². The normalized spacial score (nSPS) is 16.6. The first-order chi connectivity index (χ1) is 19.2. The van der Waals surface area contributed by atoms with Crippen LogP contribution in [0.1, 0.15) is 56.0 Å². The van der Waals surface area contributed by atoms with E-state index in [0.29, 0.717) is 17.7 Å². The third kappa shape index (κ3) is 5.58. The highest BCUT2D eigenvalue weighted by molar-refractivity contribution is 7.89. The summed E-state index contributed by atoms with van der Waals surface area (Å²) in [4.78, 5) is 15.8. The van der Waals surface area contributed by atoms with Crippen LogP contribution in [0, 0.1) is 0 Å². The summed E-state index contributed by atoms with van der Waals surface area (Å²) in [5, 5.41) is 4.05. The fourth-order valence-corrected chi connectivity index (χ4v) is 6.25. The summed E-state index contributed by atoms with van der Waals surface area (Å²) in [5.74, 6) is 3.00. The average Bonchev–Trinajstić information content (AvgIpc) is 3.44. The van der Waals surface area contributed by atoms with Gasteiger partial charge in [-0.15, -0.1) is 0 Å². The second-order valence-corrected chi connectivity index (χ2v) is 13.4. The van der Waals surface area contributed by atoms with Crippen LogP contribution in [0.3, 0.4) is 0 Å². The zero-order chi connectivity index (χ0) is 27.9. The molecule has 0 atom stereocenters. The Morgan fingerprint density at radius 1 is 0.950 bits per heavy atom. The van der Waals surface area contributed by atoms with Gasteiger partial charge in [0.2, 0.25) is 17.7 Å². The minimum absolute atomic E-state index is 0.0573. The maximum Gasteiger partial charge on any atom is 0.229 e. The zero-order valence-electron chi connectivity index (χ0n) is 23.0. The zero-order valence-corrected chi connectivity index (χ0v) is 23.8. The quantitative estimate of drug-likeness (QED) is 0.314. The number of hydrogen-bond acceptors (Lipinski definition) is 9. The summed E-state index contributed by atoms with van der Waals surface area (Å²) in [7, 11) is -3.05. The van der Waals surface area contributed by atoms with E-state index >= 15 is 0 Å². The molecule has 2 aromatic heterocycles. The Balaban J connectivity index is 1.09. The van der Waals surface area contributed by atoms with E-state index in [2.05, 4.69) is 43.2 Å². The average molecular weight is 560 g/mol. The van der Waals surface area contributed by atoms with Gasteiger partial charge >= 0.3 is 0 Å². The monoisotopic (exact) mass is 559 g/mol. The smallest absolute Gasteiger partial charge is 0.229 e. The van der Waals surface area contributed by atoms with Gasteiger partial charge in [-0.2, -0.15) is 4.98 Å². The maximum absolute atomic E-state index is 11.6. The van der Waals surface area contributed by atoms with Gasteiger partial charge in [-0.3, -0.25) is 0 Å². The van der Waals surface area contributed by atoms with Gasteiger partial charge in [0, 0.05) is 50.5 Å². The van der Waals surface area contributed by atoms with E-state index in [-0.39, 0.29) is 17.3 Å². The molecule has 10 heteroatoms. The van der Waals surface area contributed by atoms with Crippen molar-refractivity contribution in [2.75, 3.05) is 24.2 Å². The van der Waals surface area contributed by atoms with Crippen molar-refractivity contribution in [3.8, 4) is 28.3 Å². The number of benzene rings is 2. The number of anilines is 1. The van der Waals surface area contributed by atoms with E-state index in [1.807, 2.05) is 38.1 Å². The third-order valence-corrected chi connectivity index (χ3v) is 8.60. The van der Waals surface area contributed by atoms with Crippen molar-refractivity contribution >= 4 is 15.8 Å². The van der Waals surface area contributed by atoms with Crippen LogP contribution < -0.4 is 9.64 Å². The van der Waals surface area contributed by atoms with Gasteiger partial charge in [-0.1, -0.05) is 49.3 Å². The van der Waals surface area contributed by atoms with Crippen molar-refractivity contribution in [1.29, 1.82) is 0 Å². The van der Waals surface area contributed by atoms with Crippen LogP contribution >= 0.6 is 0 Å². The molecule has 2 aromatic carbocycles. The van der Waals surface area contributed by atoms with Crippen LogP contribution in [0.2, 0.25) is 0 Å². The van der Waals surface area contributed by atoms with Crippen molar-refractivity contribution in [2.24, 2.45) is 0 Å². The topological polar surface area (TPSA) is 111 Å². The SMILES string of the molecule is CC(C)c1nc(-c2cnc(N3CCC4(CCc5cc(-c6ccc(CS(C)(=O)=O)cc6)ccc5O4)CC3)nc2)no1. The second kappa shape index (κ2) is 10.3. The summed E-state index contributed by atoms with van der Waals surface area (Å²) in [6, 6.07) is 14.1. The van der Waals surface area contributed by atoms with E-state index in [1.165, 1.54) is 11.8 Å². The molecule has 0 amide bonds. The van der Waals surface area contributed by atoms with Crippen LogP contribution in [0.4, 0.5) is 5.95 Å². The number of aryl methyl sites for hydroxylation is 1. The number of piperidine rings is 1. The molecule has 6 rings (SSSR count). The Hall–Kier alpha value is -3.79. The lowest BCUT2D eigenvalue weighted by molar-refractivity contribution is 0.0224. The first-order valence-corrected chi connectivity index (χ1v) is 15.7. The van der Waals surface area contributed by atoms with E-state index in [0.717, 1.165) is 66.8 Å². The summed E-state index contributed by atoms with van der Waals surface area (Å²) in [6.07, 6.45) is 8.52. The lowest BCUT2D eigenvalue weighted by atomic mass is 9.82. The molecular weight excluding hydrogens is 526 g/mol. The summed E-state index contributed by atoms with van der Waals surface area (Å²) in [6.45, 7) is 5.68. The highest BCUT2D eigenvalue weighted by atomic mass is 32.2. The largest absolute Gasteiger partial charge is 0.487 e. The molecule has 0 unspecified atom stereocenters. The second-order valence-electron chi connectivity index (χ2n) is 11.2. The van der Waals surface area contributed by atoms with Crippen LogP contribution in [0.5, 0.6) is 5.75 Å². The minimum atomic E-state index is -3.05. The van der Waals surface area contributed by atoms with E-state index in [4.69, 9.17) is 9.26 Å². The van der Waals surface area contributed by atoms with Crippen LogP contribution in [0.15, 0.2) is 59.4 Å². The number of ether oxygens (including phenoxy) is 1. The van der Waals surface area contributed by atoms with Gasteiger partial charge in [0.25, 0.3) is 0 Å². The van der Waals surface area contributed by atoms with E-state index in [1.54, 1.807) is 12.4 Å². The predicted molar refractivity (Wildman–Crippen MR) is 153 cm³/mol. The lowest BCUT2D eigenvalue weighted by Crippen LogP contribution is -2.50. The molecule has 2 aliphatic rings. The van der Waals surface area contributed by atoms with E-state index in [9.17, 15) is 8.42 Å². The Morgan fingerprint density at radius 3 is 2.30 bits per heavy atom. The molecule has 1 spiro atoms. The molecule has 0 bridgehead atoms. The minimum Gasteiger partial charge on any atom is -0.487 e. The molecule has 0 radical (unpaired) electrons. The third-order valence-electron chi connectivity index (χ3n) is 7.74. The van der Waals surface area contributed by atoms with Gasteiger partial charge < -0.3 is 14.2 Å². The summed E-state index contributed by atoms with van der Waals surface area (Å²) in [5.41, 5.74) is 4.77. The van der Waals surface area contributed by atoms with Crippen molar-refractivity contribution in [1.82, 2.24) is 20.1 Å². The predicted octanol–water partition coefficient (Wildman–Crippen LogP) is 5.23. The first kappa shape index (κ1) is 26.4. The highest BCUT2D eigenvalue weighted by Gasteiger charge is 2.40. The molecule has 1 saturated heterocycles. The van der Waals surface area contributed by atoms with Crippen molar-refractivity contribution in [3.05, 3.63) is 71.9 Å². The van der Waals surface area contributed by atoms with Crippen molar-refractivity contribution in [3.63, 3.8) is 0 Å². The number of nitrogens with zero attached hydrogens (tertiary/aromatic N) is 5. The molecule has 4 heterocycles.